The van der Waals surface area contributed by atoms with Crippen molar-refractivity contribution in [3.63, 3.8) is 0 Å². The lowest BCUT2D eigenvalue weighted by Gasteiger charge is -2.10. The van der Waals surface area contributed by atoms with Crippen LogP contribution in [0.1, 0.15) is 19.0 Å². The van der Waals surface area contributed by atoms with Crippen LogP contribution in [0.15, 0.2) is 58.3 Å². The van der Waals surface area contributed by atoms with Crippen LogP contribution < -0.4 is 10.1 Å². The number of anilines is 2. The summed E-state index contributed by atoms with van der Waals surface area (Å²) >= 11 is 3.54. The number of benzene rings is 1. The van der Waals surface area contributed by atoms with Gasteiger partial charge in [0.15, 0.2) is 0 Å². The van der Waals surface area contributed by atoms with Gasteiger partial charge in [-0.25, -0.2) is 4.98 Å². The van der Waals surface area contributed by atoms with Gasteiger partial charge in [0.2, 0.25) is 0 Å². The molecule has 25 heavy (non-hydrogen) atoms. The minimum Gasteiger partial charge on any atom is -0.497 e. The molecular weight excluding hydrogens is 380 g/mol. The van der Waals surface area contributed by atoms with Gasteiger partial charge in [-0.3, -0.25) is 9.39 Å². The van der Waals surface area contributed by atoms with Crippen molar-refractivity contribution >= 4 is 44.4 Å². The van der Waals surface area contributed by atoms with Crippen LogP contribution in [0.4, 0.5) is 11.5 Å². The Balaban J connectivity index is 1.80. The molecular formula is C19H17BrN4O. The Bertz CT molecular complexity index is 1000. The summed E-state index contributed by atoms with van der Waals surface area (Å²) in [6, 6.07) is 11.8. The average molecular weight is 397 g/mol. The van der Waals surface area contributed by atoms with Gasteiger partial charge >= 0.3 is 0 Å². The Morgan fingerprint density at radius 2 is 1.96 bits per heavy atom. The van der Waals surface area contributed by atoms with Gasteiger partial charge in [0.1, 0.15) is 22.9 Å². The van der Waals surface area contributed by atoms with Crippen LogP contribution >= 0.6 is 15.9 Å². The van der Waals surface area contributed by atoms with Gasteiger partial charge in [0, 0.05) is 40.3 Å². The quantitative estimate of drug-likeness (QED) is 0.670. The monoisotopic (exact) mass is 396 g/mol. The number of fused-ring (bicyclic) bond motifs is 1. The standard InChI is InChI=1S/C19H17BrN4O/c1-12-9-13(10-21-12)18-19(22-15-4-6-16(25-2)7-5-15)24-11-14(20)3-8-17(24)23-18/h3-8,10-11,22H,9H2,1-2H3. The van der Waals surface area contributed by atoms with Gasteiger partial charge in [0.25, 0.3) is 0 Å². The molecule has 3 aromatic rings. The topological polar surface area (TPSA) is 50.9 Å². The van der Waals surface area contributed by atoms with E-state index in [0.717, 1.165) is 50.8 Å². The minimum absolute atomic E-state index is 0.822. The molecule has 5 nitrogen and oxygen atoms in total. The maximum absolute atomic E-state index is 5.23. The molecule has 0 amide bonds. The van der Waals surface area contributed by atoms with Crippen molar-refractivity contribution in [2.75, 3.05) is 12.4 Å². The van der Waals surface area contributed by atoms with E-state index in [0.29, 0.717) is 0 Å². The number of imidazole rings is 1. The highest BCUT2D eigenvalue weighted by Crippen LogP contribution is 2.33. The Labute approximate surface area is 154 Å². The molecule has 2 aromatic heterocycles. The first-order valence-corrected chi connectivity index (χ1v) is 8.75. The zero-order valence-electron chi connectivity index (χ0n) is 14.0. The molecule has 0 radical (unpaired) electrons. The van der Waals surface area contributed by atoms with E-state index >= 15 is 0 Å². The highest BCUT2D eigenvalue weighted by molar-refractivity contribution is 9.10. The van der Waals surface area contributed by atoms with Crippen LogP contribution in [0.25, 0.3) is 11.2 Å². The minimum atomic E-state index is 0.822. The number of pyridine rings is 1. The van der Waals surface area contributed by atoms with Crippen LogP contribution in [0.5, 0.6) is 5.75 Å². The number of aliphatic imine (C=N–C) groups is 1. The lowest BCUT2D eigenvalue weighted by molar-refractivity contribution is 0.415. The third kappa shape index (κ3) is 3.05. The van der Waals surface area contributed by atoms with Gasteiger partial charge in [-0.05, 0) is 59.3 Å². The first kappa shape index (κ1) is 15.9. The fourth-order valence-electron chi connectivity index (χ4n) is 2.87. The van der Waals surface area contributed by atoms with Crippen molar-refractivity contribution in [1.29, 1.82) is 0 Å². The van der Waals surface area contributed by atoms with E-state index in [2.05, 4.69) is 30.6 Å². The van der Waals surface area contributed by atoms with E-state index in [1.165, 1.54) is 0 Å². The number of halogens is 1. The number of nitrogens with zero attached hydrogens (tertiary/aromatic N) is 3. The molecule has 6 heteroatoms. The van der Waals surface area contributed by atoms with Gasteiger partial charge in [0.05, 0.1) is 7.11 Å². The largest absolute Gasteiger partial charge is 0.497 e. The van der Waals surface area contributed by atoms with Gasteiger partial charge < -0.3 is 10.1 Å². The molecule has 3 heterocycles. The maximum atomic E-state index is 5.23. The molecule has 1 aliphatic rings. The lowest BCUT2D eigenvalue weighted by atomic mass is 10.1. The molecule has 4 rings (SSSR count). The number of aromatic nitrogens is 2. The Morgan fingerprint density at radius 3 is 2.64 bits per heavy atom. The SMILES string of the molecule is COc1ccc(Nc2c(C3=CN=C(C)C3)nc3ccc(Br)cn23)cc1. The van der Waals surface area contributed by atoms with E-state index in [1.54, 1.807) is 7.11 Å². The third-order valence-electron chi connectivity index (χ3n) is 4.13. The molecule has 0 atom stereocenters. The number of nitrogens with one attached hydrogen (secondary N) is 1. The van der Waals surface area contributed by atoms with Gasteiger partial charge in [-0.1, -0.05) is 0 Å². The number of ether oxygens (including phenoxy) is 1. The molecule has 0 saturated heterocycles. The lowest BCUT2D eigenvalue weighted by Crippen LogP contribution is -1.99. The fraction of sp³-hybridized carbons (Fsp3) is 0.158. The number of hydrogen-bond acceptors (Lipinski definition) is 4. The number of allylic oxidation sites excluding steroid dienone is 1. The number of rotatable bonds is 4. The predicted molar refractivity (Wildman–Crippen MR) is 105 cm³/mol. The summed E-state index contributed by atoms with van der Waals surface area (Å²) in [4.78, 5) is 9.22. The van der Waals surface area contributed by atoms with E-state index < -0.39 is 0 Å². The number of hydrogen-bond donors (Lipinski definition) is 1. The summed E-state index contributed by atoms with van der Waals surface area (Å²) in [6.07, 6.45) is 4.74. The average Bonchev–Trinajstić information content (AvgIpc) is 3.19. The summed E-state index contributed by atoms with van der Waals surface area (Å²) in [5.74, 6) is 1.76. The van der Waals surface area contributed by atoms with Gasteiger partial charge in [-0.2, -0.15) is 0 Å². The molecule has 1 N–H and O–H groups in total. The van der Waals surface area contributed by atoms with Crippen molar-refractivity contribution in [3.8, 4) is 5.75 Å². The summed E-state index contributed by atoms with van der Waals surface area (Å²) < 4.78 is 8.28. The van der Waals surface area contributed by atoms with E-state index in [-0.39, 0.29) is 0 Å². The van der Waals surface area contributed by atoms with Crippen molar-refractivity contribution in [2.45, 2.75) is 13.3 Å². The second-order valence-corrected chi connectivity index (χ2v) is 6.85. The summed E-state index contributed by atoms with van der Waals surface area (Å²) in [6.45, 7) is 2.03. The molecule has 1 aliphatic heterocycles. The fourth-order valence-corrected chi connectivity index (χ4v) is 3.21. The maximum Gasteiger partial charge on any atom is 0.143 e. The summed E-state index contributed by atoms with van der Waals surface area (Å²) in [5.41, 5.74) is 5.01. The first-order valence-electron chi connectivity index (χ1n) is 7.95. The molecule has 0 bridgehead atoms. The highest BCUT2D eigenvalue weighted by Gasteiger charge is 2.19. The van der Waals surface area contributed by atoms with Crippen molar-refractivity contribution in [1.82, 2.24) is 9.38 Å². The first-order chi connectivity index (χ1) is 12.1. The normalized spacial score (nSPS) is 13.7. The Hall–Kier alpha value is -2.60. The molecule has 0 saturated carbocycles. The van der Waals surface area contributed by atoms with E-state index in [1.807, 2.05) is 55.7 Å². The van der Waals surface area contributed by atoms with Crippen LogP contribution in [0.2, 0.25) is 0 Å². The van der Waals surface area contributed by atoms with Gasteiger partial charge in [-0.15, -0.1) is 0 Å². The second-order valence-electron chi connectivity index (χ2n) is 5.93. The highest BCUT2D eigenvalue weighted by atomic mass is 79.9. The molecule has 126 valence electrons. The summed E-state index contributed by atoms with van der Waals surface area (Å²) in [5, 5.41) is 3.50. The Morgan fingerprint density at radius 1 is 1.16 bits per heavy atom. The molecule has 0 aliphatic carbocycles. The molecule has 0 spiro atoms. The van der Waals surface area contributed by atoms with Crippen LogP contribution in [-0.4, -0.2) is 22.2 Å². The molecule has 0 unspecified atom stereocenters. The van der Waals surface area contributed by atoms with Crippen molar-refractivity contribution in [3.05, 3.63) is 59.0 Å². The van der Waals surface area contributed by atoms with Crippen LogP contribution in [0, 0.1) is 0 Å². The van der Waals surface area contributed by atoms with Crippen molar-refractivity contribution in [2.24, 2.45) is 4.99 Å². The van der Waals surface area contributed by atoms with E-state index in [9.17, 15) is 0 Å². The van der Waals surface area contributed by atoms with Crippen LogP contribution in [0.3, 0.4) is 0 Å². The summed E-state index contributed by atoms with van der Waals surface area (Å²) in [7, 11) is 1.66. The zero-order chi connectivity index (χ0) is 17.4. The predicted octanol–water partition coefficient (Wildman–Crippen LogP) is 5.05. The zero-order valence-corrected chi connectivity index (χ0v) is 15.5. The smallest absolute Gasteiger partial charge is 0.143 e. The number of methoxy groups -OCH3 is 1. The molecule has 1 aromatic carbocycles. The van der Waals surface area contributed by atoms with Crippen molar-refractivity contribution < 1.29 is 4.74 Å². The second kappa shape index (κ2) is 6.37. The molecule has 0 fully saturated rings. The Kier molecular flexibility index (Phi) is 4.05. The van der Waals surface area contributed by atoms with E-state index in [4.69, 9.17) is 9.72 Å². The van der Waals surface area contributed by atoms with Crippen LogP contribution in [-0.2, 0) is 0 Å². The third-order valence-corrected chi connectivity index (χ3v) is 4.60.